The molecule has 0 spiro atoms. The molecule has 2 fully saturated rings. The fourth-order valence-corrected chi connectivity index (χ4v) is 4.48. The first kappa shape index (κ1) is 19.7. The van der Waals surface area contributed by atoms with Gasteiger partial charge in [0.05, 0.1) is 31.6 Å². The van der Waals surface area contributed by atoms with E-state index in [1.807, 2.05) is 64.2 Å². The second kappa shape index (κ2) is 8.10. The topological polar surface area (TPSA) is 56.6 Å². The summed E-state index contributed by atoms with van der Waals surface area (Å²) in [5.74, 6) is 2.03. The average molecular weight is 418 g/mol. The Morgan fingerprint density at radius 1 is 1.00 bits per heavy atom. The maximum atomic E-state index is 13.8. The molecule has 31 heavy (non-hydrogen) atoms. The lowest BCUT2D eigenvalue weighted by atomic mass is 10.0. The summed E-state index contributed by atoms with van der Waals surface area (Å²) in [4.78, 5) is 15.8. The first-order valence-corrected chi connectivity index (χ1v) is 10.9. The van der Waals surface area contributed by atoms with Crippen LogP contribution < -0.4 is 9.47 Å². The number of carbonyl (C=O) groups is 1. The molecule has 2 aromatic carbocycles. The van der Waals surface area contributed by atoms with Crippen molar-refractivity contribution in [1.82, 2.24) is 14.7 Å². The molecule has 1 atom stereocenters. The van der Waals surface area contributed by atoms with Gasteiger partial charge in [-0.15, -0.1) is 0 Å². The second-order valence-corrected chi connectivity index (χ2v) is 8.24. The van der Waals surface area contributed by atoms with Gasteiger partial charge in [0.15, 0.2) is 0 Å². The number of rotatable bonds is 6. The summed E-state index contributed by atoms with van der Waals surface area (Å²) in [6.45, 7) is 0.711. The third-order valence-corrected chi connectivity index (χ3v) is 6.25. The number of benzene rings is 2. The molecule has 0 radical (unpaired) electrons. The Kier molecular flexibility index (Phi) is 5.14. The van der Waals surface area contributed by atoms with E-state index in [0.717, 1.165) is 54.1 Å². The van der Waals surface area contributed by atoms with Crippen molar-refractivity contribution in [2.45, 2.75) is 37.6 Å². The van der Waals surface area contributed by atoms with E-state index in [1.165, 1.54) is 0 Å². The maximum Gasteiger partial charge on any atom is 0.273 e. The standard InChI is InChI=1S/C25H27N3O3/c1-30-19-12-13-24(31-2)20(15-19)22-9-6-14-27(22)25(29)23-16-21(17-10-11-17)26-28(23)18-7-4-3-5-8-18/h3-5,7-8,12-13,15-17,22H,6,9-11,14H2,1-2H3. The summed E-state index contributed by atoms with van der Waals surface area (Å²) in [5, 5.41) is 4.82. The molecule has 1 aliphatic heterocycles. The number of para-hydroxylation sites is 1. The SMILES string of the molecule is COc1ccc(OC)c(C2CCCN2C(=O)c2cc(C3CC3)nn2-c2ccccc2)c1. The molecule has 1 amide bonds. The van der Waals surface area contributed by atoms with Crippen molar-refractivity contribution >= 4 is 5.91 Å². The third-order valence-electron chi connectivity index (χ3n) is 6.25. The Balaban J connectivity index is 1.53. The first-order chi connectivity index (χ1) is 15.2. The van der Waals surface area contributed by atoms with E-state index in [9.17, 15) is 4.79 Å². The number of nitrogens with zero attached hydrogens (tertiary/aromatic N) is 3. The highest BCUT2D eigenvalue weighted by atomic mass is 16.5. The molecular weight excluding hydrogens is 390 g/mol. The molecule has 1 saturated carbocycles. The Morgan fingerprint density at radius 3 is 2.52 bits per heavy atom. The molecule has 0 N–H and O–H groups in total. The van der Waals surface area contributed by atoms with Crippen molar-refractivity contribution in [1.29, 1.82) is 0 Å². The predicted octanol–water partition coefficient (Wildman–Crippen LogP) is 4.74. The van der Waals surface area contributed by atoms with Crippen LogP contribution in [0.4, 0.5) is 0 Å². The molecule has 6 nitrogen and oxygen atoms in total. The lowest BCUT2D eigenvalue weighted by Crippen LogP contribution is -2.32. The van der Waals surface area contributed by atoms with Gasteiger partial charge in [0.2, 0.25) is 0 Å². The van der Waals surface area contributed by atoms with Crippen molar-refractivity contribution in [2.75, 3.05) is 20.8 Å². The summed E-state index contributed by atoms with van der Waals surface area (Å²) in [6.07, 6.45) is 4.13. The van der Waals surface area contributed by atoms with Crippen molar-refractivity contribution in [3.8, 4) is 17.2 Å². The van der Waals surface area contributed by atoms with E-state index < -0.39 is 0 Å². The van der Waals surface area contributed by atoms with Gasteiger partial charge in [0, 0.05) is 18.0 Å². The van der Waals surface area contributed by atoms with Crippen LogP contribution in [-0.2, 0) is 0 Å². The van der Waals surface area contributed by atoms with E-state index in [2.05, 4.69) is 0 Å². The molecule has 1 aromatic heterocycles. The summed E-state index contributed by atoms with van der Waals surface area (Å²) in [6, 6.07) is 17.6. The smallest absolute Gasteiger partial charge is 0.273 e. The van der Waals surface area contributed by atoms with Crippen LogP contribution in [0.3, 0.4) is 0 Å². The van der Waals surface area contributed by atoms with Gasteiger partial charge in [0.25, 0.3) is 5.91 Å². The number of likely N-dealkylation sites (tertiary alicyclic amines) is 1. The number of hydrogen-bond acceptors (Lipinski definition) is 4. The molecule has 3 aromatic rings. The summed E-state index contributed by atoms with van der Waals surface area (Å²) in [7, 11) is 3.32. The van der Waals surface area contributed by atoms with E-state index in [-0.39, 0.29) is 11.9 Å². The van der Waals surface area contributed by atoms with Crippen molar-refractivity contribution < 1.29 is 14.3 Å². The highest BCUT2D eigenvalue weighted by Gasteiger charge is 2.36. The van der Waals surface area contributed by atoms with E-state index in [0.29, 0.717) is 18.2 Å². The molecule has 1 saturated heterocycles. The number of amides is 1. The van der Waals surface area contributed by atoms with Gasteiger partial charge < -0.3 is 14.4 Å². The van der Waals surface area contributed by atoms with Crippen LogP contribution in [0.25, 0.3) is 5.69 Å². The third kappa shape index (κ3) is 3.67. The highest BCUT2D eigenvalue weighted by Crippen LogP contribution is 2.42. The van der Waals surface area contributed by atoms with Gasteiger partial charge in [-0.3, -0.25) is 4.79 Å². The monoisotopic (exact) mass is 417 g/mol. The maximum absolute atomic E-state index is 13.8. The molecule has 6 heteroatoms. The Hall–Kier alpha value is -3.28. The van der Waals surface area contributed by atoms with Crippen LogP contribution in [0.1, 0.15) is 59.4 Å². The summed E-state index contributed by atoms with van der Waals surface area (Å²) < 4.78 is 12.9. The van der Waals surface area contributed by atoms with Crippen LogP contribution in [0.2, 0.25) is 0 Å². The lowest BCUT2D eigenvalue weighted by molar-refractivity contribution is 0.0724. The van der Waals surface area contributed by atoms with Crippen LogP contribution in [0.5, 0.6) is 11.5 Å². The van der Waals surface area contributed by atoms with E-state index >= 15 is 0 Å². The largest absolute Gasteiger partial charge is 0.497 e. The number of ether oxygens (including phenoxy) is 2. The fourth-order valence-electron chi connectivity index (χ4n) is 4.48. The Bertz CT molecular complexity index is 1090. The average Bonchev–Trinajstić information content (AvgIpc) is 3.38. The van der Waals surface area contributed by atoms with E-state index in [4.69, 9.17) is 14.6 Å². The molecule has 2 heterocycles. The molecule has 160 valence electrons. The lowest BCUT2D eigenvalue weighted by Gasteiger charge is -2.27. The predicted molar refractivity (Wildman–Crippen MR) is 118 cm³/mol. The van der Waals surface area contributed by atoms with Crippen LogP contribution in [-0.4, -0.2) is 41.4 Å². The number of methoxy groups -OCH3 is 2. The van der Waals surface area contributed by atoms with Crippen LogP contribution >= 0.6 is 0 Å². The molecular formula is C25H27N3O3. The Labute approximate surface area is 182 Å². The minimum absolute atomic E-state index is 0.00984. The van der Waals surface area contributed by atoms with Crippen molar-refractivity contribution in [3.05, 3.63) is 71.5 Å². The van der Waals surface area contributed by atoms with Crippen molar-refractivity contribution in [3.63, 3.8) is 0 Å². The second-order valence-electron chi connectivity index (χ2n) is 8.24. The number of aromatic nitrogens is 2. The first-order valence-electron chi connectivity index (χ1n) is 10.9. The van der Waals surface area contributed by atoms with Gasteiger partial charge in [0.1, 0.15) is 17.2 Å². The summed E-state index contributed by atoms with van der Waals surface area (Å²) in [5.41, 5.74) is 3.54. The highest BCUT2D eigenvalue weighted by molar-refractivity contribution is 5.94. The molecule has 1 unspecified atom stereocenters. The Morgan fingerprint density at radius 2 is 1.81 bits per heavy atom. The quantitative estimate of drug-likeness (QED) is 0.581. The number of carbonyl (C=O) groups excluding carboxylic acids is 1. The van der Waals surface area contributed by atoms with Crippen molar-refractivity contribution in [2.24, 2.45) is 0 Å². The van der Waals surface area contributed by atoms with Gasteiger partial charge in [-0.05, 0) is 62.1 Å². The van der Waals surface area contributed by atoms with Gasteiger partial charge >= 0.3 is 0 Å². The molecule has 2 aliphatic rings. The van der Waals surface area contributed by atoms with Crippen LogP contribution in [0, 0.1) is 0 Å². The van der Waals surface area contributed by atoms with Gasteiger partial charge in [-0.2, -0.15) is 5.10 Å². The minimum Gasteiger partial charge on any atom is -0.497 e. The van der Waals surface area contributed by atoms with Gasteiger partial charge in [-0.1, -0.05) is 18.2 Å². The van der Waals surface area contributed by atoms with Crippen LogP contribution in [0.15, 0.2) is 54.6 Å². The summed E-state index contributed by atoms with van der Waals surface area (Å²) >= 11 is 0. The molecule has 0 bridgehead atoms. The normalized spacial score (nSPS) is 18.3. The zero-order valence-electron chi connectivity index (χ0n) is 18.0. The zero-order valence-corrected chi connectivity index (χ0v) is 18.0. The van der Waals surface area contributed by atoms with E-state index in [1.54, 1.807) is 14.2 Å². The zero-order chi connectivity index (χ0) is 21.4. The molecule has 1 aliphatic carbocycles. The number of hydrogen-bond donors (Lipinski definition) is 0. The van der Waals surface area contributed by atoms with Gasteiger partial charge in [-0.25, -0.2) is 4.68 Å². The minimum atomic E-state index is -0.0546. The molecule has 5 rings (SSSR count). The fraction of sp³-hybridized carbons (Fsp3) is 0.360.